The van der Waals surface area contributed by atoms with Crippen molar-refractivity contribution in [2.45, 2.75) is 94.4 Å². The maximum atomic E-state index is 13.6. The molecule has 0 spiro atoms. The third kappa shape index (κ3) is 14.7. The zero-order valence-electron chi connectivity index (χ0n) is 43.8. The van der Waals surface area contributed by atoms with Crippen LogP contribution in [-0.2, 0) is 34.0 Å². The molecule has 0 radical (unpaired) electrons. The Bertz CT molecular complexity index is 2480. The van der Waals surface area contributed by atoms with Crippen LogP contribution in [0.3, 0.4) is 0 Å². The fourth-order valence-corrected chi connectivity index (χ4v) is 12.3. The minimum atomic E-state index is -0.409. The van der Waals surface area contributed by atoms with Gasteiger partial charge in [-0.2, -0.15) is 11.8 Å². The average molecular weight is 1070 g/mol. The fourth-order valence-electron chi connectivity index (χ4n) is 10.6. The highest BCUT2D eigenvalue weighted by molar-refractivity contribution is 8.00. The minimum absolute atomic E-state index is 0.00717. The number of nitrogens with zero attached hydrogens (tertiary/aromatic N) is 2. The smallest absolute Gasteiger partial charge is 0.315 e. The maximum absolute atomic E-state index is 13.6. The van der Waals surface area contributed by atoms with E-state index in [2.05, 4.69) is 86.3 Å². The number of carbonyl (C=O) groups excluding carboxylic acids is 5. The Morgan fingerprint density at radius 3 is 2.31 bits per heavy atom. The SMILES string of the molecule is CC1(C)C2=CC(=[N+]3CC(C(=O)NCCOCCOCCC(=O)NCCCC[C@@H]4SC[C@@H]5NC(=O)N[C@@H]54)C3)C=CC2=C(c2cc(C(=O)NCCOCCOCCCCCCCl)ccc2C=O)c2ccc(N3CCC3)cc21. The first kappa shape index (κ1) is 56.2. The molecule has 4 saturated heterocycles. The number of thioether (sulfide) groups is 1. The monoisotopic (exact) mass is 1070 g/mol. The number of alkyl halides is 1. The molecule has 4 heterocycles. The van der Waals surface area contributed by atoms with Crippen LogP contribution in [0.2, 0.25) is 0 Å². The van der Waals surface area contributed by atoms with Crippen LogP contribution in [0.15, 0.2) is 65.8 Å². The number of allylic oxidation sites excluding steroid dienone is 5. The van der Waals surface area contributed by atoms with E-state index in [1.54, 1.807) is 12.1 Å². The summed E-state index contributed by atoms with van der Waals surface area (Å²) in [6.45, 7) is 12.4. The molecule has 0 aromatic heterocycles. The number of rotatable bonds is 31. The Hall–Kier alpha value is -5.04. The molecule has 2 aromatic rings. The summed E-state index contributed by atoms with van der Waals surface area (Å²) in [5, 5.41) is 15.4. The third-order valence-electron chi connectivity index (χ3n) is 15.1. The molecule has 0 saturated carbocycles. The van der Waals surface area contributed by atoms with E-state index in [1.807, 2.05) is 17.8 Å². The molecule has 6 aliphatic rings. The molecule has 4 aliphatic heterocycles. The standard InChI is InChI=1S/C57H76ClN7O9S/c1-57(2)47-33-42(64-22-9-23-64)13-15-44(47)52(46-32-39(11-12-40(46)37-66)54(68)60-20-26-73-30-28-71-24-8-4-3-6-18-58)45-16-14-43(34-48(45)57)65-35-41(36-65)55(69)61-21-27-74-31-29-72-25-17-51(67)59-19-7-5-10-50-53-49(38-75-50)62-56(70)63-53/h11-16,32-34,37,41,49-50,53H,3-10,17-31,35-36,38H2,1-2H3,(H4-,59,60,61,62,63,67,68,69,70)/p+1/t49-,50-,53-/m0/s1. The average Bonchev–Trinajstić information content (AvgIpc) is 3.96. The van der Waals surface area contributed by atoms with Crippen LogP contribution in [-0.4, -0.2) is 168 Å². The third-order valence-corrected chi connectivity index (χ3v) is 16.9. The van der Waals surface area contributed by atoms with Crippen molar-refractivity contribution >= 4 is 70.4 Å². The van der Waals surface area contributed by atoms with Crippen LogP contribution in [0.25, 0.3) is 5.57 Å². The van der Waals surface area contributed by atoms with Gasteiger partial charge >= 0.3 is 6.03 Å². The van der Waals surface area contributed by atoms with E-state index in [-0.39, 0.29) is 48.2 Å². The van der Waals surface area contributed by atoms with Gasteiger partial charge in [-0.05, 0) is 95.9 Å². The van der Waals surface area contributed by atoms with Gasteiger partial charge in [-0.3, -0.25) is 19.2 Å². The number of unbranched alkanes of at least 4 members (excludes halogenated alkanes) is 4. The van der Waals surface area contributed by atoms with E-state index in [0.29, 0.717) is 113 Å². The molecular formula is C57H77ClN7O9S+. The van der Waals surface area contributed by atoms with E-state index >= 15 is 0 Å². The topological polar surface area (TPSA) is 189 Å². The molecule has 2 aromatic carbocycles. The van der Waals surface area contributed by atoms with Crippen molar-refractivity contribution in [3.05, 3.63) is 93.6 Å². The summed E-state index contributed by atoms with van der Waals surface area (Å²) < 4.78 is 24.9. The highest BCUT2D eigenvalue weighted by atomic mass is 35.5. The predicted octanol–water partition coefficient (Wildman–Crippen LogP) is 5.94. The highest BCUT2D eigenvalue weighted by Crippen LogP contribution is 2.51. The van der Waals surface area contributed by atoms with E-state index in [0.717, 1.165) is 110 Å². The first-order valence-corrected chi connectivity index (χ1v) is 28.8. The lowest BCUT2D eigenvalue weighted by molar-refractivity contribution is -0.596. The van der Waals surface area contributed by atoms with Crippen molar-refractivity contribution in [1.29, 1.82) is 0 Å². The second-order valence-corrected chi connectivity index (χ2v) is 22.3. The zero-order valence-corrected chi connectivity index (χ0v) is 45.4. The summed E-state index contributed by atoms with van der Waals surface area (Å²) in [4.78, 5) is 65.8. The van der Waals surface area contributed by atoms with Gasteiger partial charge in [0.05, 0.1) is 58.3 Å². The van der Waals surface area contributed by atoms with Crippen LogP contribution in [0.1, 0.15) is 109 Å². The van der Waals surface area contributed by atoms with Crippen molar-refractivity contribution in [3.8, 4) is 0 Å². The number of aldehydes is 1. The number of nitrogens with one attached hydrogen (secondary N) is 5. The molecule has 406 valence electrons. The maximum Gasteiger partial charge on any atom is 0.315 e. The molecule has 8 rings (SSSR count). The van der Waals surface area contributed by atoms with E-state index in [1.165, 1.54) is 5.69 Å². The molecule has 16 nitrogen and oxygen atoms in total. The van der Waals surface area contributed by atoms with E-state index < -0.39 is 5.41 Å². The number of fused-ring (bicyclic) bond motifs is 3. The van der Waals surface area contributed by atoms with Gasteiger partial charge in [-0.1, -0.05) is 45.2 Å². The van der Waals surface area contributed by atoms with Crippen LogP contribution in [0, 0.1) is 5.92 Å². The van der Waals surface area contributed by atoms with Crippen molar-refractivity contribution < 1.29 is 47.5 Å². The molecule has 75 heavy (non-hydrogen) atoms. The summed E-state index contributed by atoms with van der Waals surface area (Å²) in [6, 6.07) is 12.3. The Balaban J connectivity index is 0.794. The van der Waals surface area contributed by atoms with Gasteiger partial charge in [-0.15, -0.1) is 11.6 Å². The molecule has 5 amide bonds. The summed E-state index contributed by atoms with van der Waals surface area (Å²) in [7, 11) is 0. The molecule has 3 atom stereocenters. The lowest BCUT2D eigenvalue weighted by atomic mass is 9.64. The van der Waals surface area contributed by atoms with Gasteiger partial charge in [0.25, 0.3) is 5.91 Å². The number of halogens is 1. The van der Waals surface area contributed by atoms with Gasteiger partial charge in [-0.25, -0.2) is 9.37 Å². The van der Waals surface area contributed by atoms with Crippen LogP contribution < -0.4 is 31.5 Å². The van der Waals surface area contributed by atoms with Gasteiger partial charge in [0, 0.05) is 97.0 Å². The highest BCUT2D eigenvalue weighted by Gasteiger charge is 2.44. The molecule has 0 bridgehead atoms. The Labute approximate surface area is 451 Å². The Morgan fingerprint density at radius 1 is 0.813 bits per heavy atom. The molecule has 18 heteroatoms. The normalized spacial score (nSPS) is 21.0. The predicted molar refractivity (Wildman–Crippen MR) is 295 cm³/mol. The second-order valence-electron chi connectivity index (χ2n) is 20.6. The number of carbonyl (C=O) groups is 5. The number of amides is 5. The largest absolute Gasteiger partial charge is 0.379 e. The van der Waals surface area contributed by atoms with Crippen molar-refractivity contribution in [2.24, 2.45) is 5.92 Å². The lowest BCUT2D eigenvalue weighted by Crippen LogP contribution is -2.51. The molecule has 0 unspecified atom stereocenters. The summed E-state index contributed by atoms with van der Waals surface area (Å²) in [5.74, 6) is 1.20. The summed E-state index contributed by atoms with van der Waals surface area (Å²) in [6.07, 6.45) is 15.9. The number of hydrogen-bond donors (Lipinski definition) is 5. The molecule has 4 fully saturated rings. The lowest BCUT2D eigenvalue weighted by Gasteiger charge is -2.41. The fraction of sp³-hybridized carbons (Fsp3) is 0.579. The van der Waals surface area contributed by atoms with Gasteiger partial charge in [0.15, 0.2) is 31.0 Å². The van der Waals surface area contributed by atoms with Crippen molar-refractivity contribution in [2.75, 3.05) is 115 Å². The van der Waals surface area contributed by atoms with E-state index in [4.69, 9.17) is 30.5 Å². The number of anilines is 1. The number of hydrogen-bond acceptors (Lipinski definition) is 11. The van der Waals surface area contributed by atoms with Crippen LogP contribution >= 0.6 is 23.4 Å². The Kier molecular flexibility index (Phi) is 20.9. The second kappa shape index (κ2) is 27.8. The zero-order chi connectivity index (χ0) is 52.6. The van der Waals surface area contributed by atoms with Gasteiger partial charge < -0.3 is 50.4 Å². The van der Waals surface area contributed by atoms with Crippen LogP contribution in [0.5, 0.6) is 0 Å². The van der Waals surface area contributed by atoms with Gasteiger partial charge in [0.2, 0.25) is 11.8 Å². The molecular weight excluding hydrogens is 994 g/mol. The van der Waals surface area contributed by atoms with E-state index in [9.17, 15) is 24.0 Å². The quantitative estimate of drug-likeness (QED) is 0.0198. The number of benzene rings is 2. The molecule has 5 N–H and O–H groups in total. The first-order valence-electron chi connectivity index (χ1n) is 27.2. The molecule has 2 aliphatic carbocycles. The summed E-state index contributed by atoms with van der Waals surface area (Å²) >= 11 is 7.66. The Morgan fingerprint density at radius 2 is 1.56 bits per heavy atom. The number of urea groups is 1. The van der Waals surface area contributed by atoms with Crippen molar-refractivity contribution in [3.63, 3.8) is 0 Å². The van der Waals surface area contributed by atoms with Crippen LogP contribution in [0.4, 0.5) is 10.5 Å². The summed E-state index contributed by atoms with van der Waals surface area (Å²) in [5.41, 5.74) is 8.65. The minimum Gasteiger partial charge on any atom is -0.379 e. The number of ether oxygens (including phenoxy) is 4. The first-order chi connectivity index (χ1) is 36.5. The van der Waals surface area contributed by atoms with Gasteiger partial charge in [0.1, 0.15) is 0 Å². The van der Waals surface area contributed by atoms with Crippen molar-refractivity contribution in [1.82, 2.24) is 26.6 Å².